The second kappa shape index (κ2) is 5.52. The molecular formula is C13H22N4O. The van der Waals surface area contributed by atoms with Gasteiger partial charge in [0.25, 0.3) is 5.91 Å². The van der Waals surface area contributed by atoms with Crippen LogP contribution in [0.2, 0.25) is 0 Å². The van der Waals surface area contributed by atoms with Gasteiger partial charge in [-0.25, -0.2) is 4.98 Å². The van der Waals surface area contributed by atoms with Gasteiger partial charge in [0.15, 0.2) is 0 Å². The summed E-state index contributed by atoms with van der Waals surface area (Å²) >= 11 is 0. The topological polar surface area (TPSA) is 64.2 Å². The van der Waals surface area contributed by atoms with Crippen molar-refractivity contribution in [1.29, 1.82) is 0 Å². The Morgan fingerprint density at radius 1 is 1.56 bits per heavy atom. The van der Waals surface area contributed by atoms with E-state index in [1.54, 1.807) is 17.1 Å². The summed E-state index contributed by atoms with van der Waals surface area (Å²) < 4.78 is 1.79. The molecule has 0 spiro atoms. The molecule has 5 heteroatoms. The van der Waals surface area contributed by atoms with Gasteiger partial charge in [-0.05, 0) is 25.3 Å². The van der Waals surface area contributed by atoms with E-state index in [1.807, 2.05) is 19.0 Å². The lowest BCUT2D eigenvalue weighted by Crippen LogP contribution is -2.46. The Morgan fingerprint density at radius 3 is 2.89 bits per heavy atom. The van der Waals surface area contributed by atoms with E-state index in [2.05, 4.69) is 4.98 Å². The number of carbonyl (C=O) groups excluding carboxylic acids is 1. The minimum atomic E-state index is 0.000880. The number of hydrogen-bond acceptors (Lipinski definition) is 3. The number of carbonyl (C=O) groups is 1. The van der Waals surface area contributed by atoms with Crippen LogP contribution in [0.1, 0.15) is 36.2 Å². The van der Waals surface area contributed by atoms with Crippen molar-refractivity contribution in [2.75, 3.05) is 13.6 Å². The van der Waals surface area contributed by atoms with Crippen molar-refractivity contribution in [3.63, 3.8) is 0 Å². The number of imidazole rings is 1. The van der Waals surface area contributed by atoms with Crippen molar-refractivity contribution in [2.24, 2.45) is 18.7 Å². The summed E-state index contributed by atoms with van der Waals surface area (Å²) in [5.41, 5.74) is 6.33. The molecule has 1 aromatic rings. The van der Waals surface area contributed by atoms with Crippen LogP contribution in [0.15, 0.2) is 12.5 Å². The van der Waals surface area contributed by atoms with Crippen LogP contribution < -0.4 is 5.73 Å². The van der Waals surface area contributed by atoms with Crippen molar-refractivity contribution < 1.29 is 4.79 Å². The van der Waals surface area contributed by atoms with Gasteiger partial charge < -0.3 is 15.2 Å². The zero-order chi connectivity index (χ0) is 13.1. The van der Waals surface area contributed by atoms with Gasteiger partial charge in [0.1, 0.15) is 5.69 Å². The monoisotopic (exact) mass is 250 g/mol. The van der Waals surface area contributed by atoms with Crippen LogP contribution >= 0.6 is 0 Å². The molecule has 0 saturated heterocycles. The number of aromatic nitrogens is 2. The standard InChI is InChI=1S/C13H22N4O/c1-16-8-11(15-9-16)13(18)17(2)12-6-4-3-5-10(12)7-14/h8-10,12H,3-7,14H2,1-2H3. The second-order valence-corrected chi connectivity index (χ2v) is 5.19. The average molecular weight is 250 g/mol. The molecule has 1 heterocycles. The third-order valence-electron chi connectivity index (χ3n) is 3.91. The molecule has 1 amide bonds. The van der Waals surface area contributed by atoms with Gasteiger partial charge in [0.05, 0.1) is 6.33 Å². The van der Waals surface area contributed by atoms with Gasteiger partial charge in [-0.15, -0.1) is 0 Å². The second-order valence-electron chi connectivity index (χ2n) is 5.19. The summed E-state index contributed by atoms with van der Waals surface area (Å²) in [5, 5.41) is 0. The highest BCUT2D eigenvalue weighted by atomic mass is 16.2. The highest BCUT2D eigenvalue weighted by molar-refractivity contribution is 5.92. The molecule has 18 heavy (non-hydrogen) atoms. The molecule has 2 atom stereocenters. The van der Waals surface area contributed by atoms with Crippen molar-refractivity contribution in [1.82, 2.24) is 14.5 Å². The SMILES string of the molecule is CN(C(=O)c1cn(C)cn1)C1CCCCC1CN. The van der Waals surface area contributed by atoms with Gasteiger partial charge >= 0.3 is 0 Å². The van der Waals surface area contributed by atoms with Gasteiger partial charge in [-0.1, -0.05) is 12.8 Å². The molecule has 2 N–H and O–H groups in total. The first-order valence-electron chi connectivity index (χ1n) is 6.58. The Kier molecular flexibility index (Phi) is 4.01. The van der Waals surface area contributed by atoms with Gasteiger partial charge in [0.2, 0.25) is 0 Å². The molecule has 0 aromatic carbocycles. The highest BCUT2D eigenvalue weighted by Gasteiger charge is 2.30. The van der Waals surface area contributed by atoms with Crippen LogP contribution in [-0.2, 0) is 7.05 Å². The van der Waals surface area contributed by atoms with Crippen LogP contribution in [-0.4, -0.2) is 40.0 Å². The number of aryl methyl sites for hydroxylation is 1. The molecule has 0 aliphatic heterocycles. The molecule has 100 valence electrons. The summed E-state index contributed by atoms with van der Waals surface area (Å²) in [5.74, 6) is 0.428. The largest absolute Gasteiger partial charge is 0.340 e. The maximum atomic E-state index is 12.3. The Hall–Kier alpha value is -1.36. The van der Waals surface area contributed by atoms with E-state index in [1.165, 1.54) is 12.8 Å². The summed E-state index contributed by atoms with van der Waals surface area (Å²) in [7, 11) is 3.74. The van der Waals surface area contributed by atoms with Gasteiger partial charge in [-0.3, -0.25) is 4.79 Å². The molecule has 2 unspecified atom stereocenters. The zero-order valence-corrected chi connectivity index (χ0v) is 11.2. The number of amides is 1. The smallest absolute Gasteiger partial charge is 0.274 e. The summed E-state index contributed by atoms with van der Waals surface area (Å²) in [6, 6.07) is 0.262. The minimum Gasteiger partial charge on any atom is -0.340 e. The quantitative estimate of drug-likeness (QED) is 0.870. The van der Waals surface area contributed by atoms with Crippen molar-refractivity contribution in [3.05, 3.63) is 18.2 Å². The van der Waals surface area contributed by atoms with Crippen molar-refractivity contribution in [2.45, 2.75) is 31.7 Å². The maximum absolute atomic E-state index is 12.3. The van der Waals surface area contributed by atoms with Gasteiger partial charge in [0, 0.05) is 26.3 Å². The molecule has 2 rings (SSSR count). The fraction of sp³-hybridized carbons (Fsp3) is 0.692. The Balaban J connectivity index is 2.09. The Bertz CT molecular complexity index is 415. The van der Waals surface area contributed by atoms with E-state index in [4.69, 9.17) is 5.73 Å². The number of rotatable bonds is 3. The van der Waals surface area contributed by atoms with Crippen LogP contribution in [0.3, 0.4) is 0 Å². The van der Waals surface area contributed by atoms with E-state index in [0.717, 1.165) is 12.8 Å². The van der Waals surface area contributed by atoms with Crippen molar-refractivity contribution in [3.8, 4) is 0 Å². The molecule has 1 aromatic heterocycles. The van der Waals surface area contributed by atoms with Crippen LogP contribution in [0.25, 0.3) is 0 Å². The summed E-state index contributed by atoms with van der Waals surface area (Å²) in [6.45, 7) is 0.657. The summed E-state index contributed by atoms with van der Waals surface area (Å²) in [6.07, 6.45) is 8.00. The predicted molar refractivity (Wildman–Crippen MR) is 70.1 cm³/mol. The number of hydrogen-bond donors (Lipinski definition) is 1. The maximum Gasteiger partial charge on any atom is 0.274 e. The van der Waals surface area contributed by atoms with E-state index in [0.29, 0.717) is 18.2 Å². The van der Waals surface area contributed by atoms with Crippen molar-refractivity contribution >= 4 is 5.91 Å². The third kappa shape index (κ3) is 2.56. The fourth-order valence-electron chi connectivity index (χ4n) is 2.83. The molecule has 1 aliphatic rings. The lowest BCUT2D eigenvalue weighted by molar-refractivity contribution is 0.0615. The molecule has 0 radical (unpaired) electrons. The molecular weight excluding hydrogens is 228 g/mol. The lowest BCUT2D eigenvalue weighted by Gasteiger charge is -2.37. The number of nitrogens with zero attached hydrogens (tertiary/aromatic N) is 3. The molecule has 5 nitrogen and oxygen atoms in total. The first-order valence-corrected chi connectivity index (χ1v) is 6.58. The van der Waals surface area contributed by atoms with E-state index in [9.17, 15) is 4.79 Å². The first-order chi connectivity index (χ1) is 8.63. The van der Waals surface area contributed by atoms with E-state index < -0.39 is 0 Å². The third-order valence-corrected chi connectivity index (χ3v) is 3.91. The average Bonchev–Trinajstić information content (AvgIpc) is 2.83. The minimum absolute atomic E-state index is 0.000880. The Labute approximate surface area is 108 Å². The van der Waals surface area contributed by atoms with Crippen LogP contribution in [0, 0.1) is 5.92 Å². The van der Waals surface area contributed by atoms with E-state index in [-0.39, 0.29) is 11.9 Å². The van der Waals surface area contributed by atoms with Gasteiger partial charge in [-0.2, -0.15) is 0 Å². The molecule has 1 saturated carbocycles. The molecule has 0 bridgehead atoms. The Morgan fingerprint density at radius 2 is 2.28 bits per heavy atom. The van der Waals surface area contributed by atoms with Crippen LogP contribution in [0.5, 0.6) is 0 Å². The zero-order valence-electron chi connectivity index (χ0n) is 11.2. The lowest BCUT2D eigenvalue weighted by atomic mass is 9.83. The predicted octanol–water partition coefficient (Wildman–Crippen LogP) is 1.01. The number of nitrogens with two attached hydrogens (primary N) is 1. The van der Waals surface area contributed by atoms with E-state index >= 15 is 0 Å². The molecule has 1 aliphatic carbocycles. The molecule has 1 fully saturated rings. The first kappa shape index (κ1) is 13.1. The fourth-order valence-corrected chi connectivity index (χ4v) is 2.83. The normalized spacial score (nSPS) is 23.9. The highest BCUT2D eigenvalue weighted by Crippen LogP contribution is 2.27. The van der Waals surface area contributed by atoms with Crippen LogP contribution in [0.4, 0.5) is 0 Å². The summed E-state index contributed by atoms with van der Waals surface area (Å²) in [4.78, 5) is 18.3.